The second kappa shape index (κ2) is 9.84. The third-order valence-electron chi connectivity index (χ3n) is 4.53. The number of nitrogens with two attached hydrogens (primary N) is 1. The molecule has 2 fully saturated rings. The van der Waals surface area contributed by atoms with Gasteiger partial charge >= 0.3 is 0 Å². The average Bonchev–Trinajstić information content (AvgIpc) is 2.38. The van der Waals surface area contributed by atoms with Gasteiger partial charge in [0.2, 0.25) is 0 Å². The lowest BCUT2D eigenvalue weighted by Crippen LogP contribution is -2.48. The number of ether oxygens (including phenoxy) is 1. The fourth-order valence-corrected chi connectivity index (χ4v) is 2.85. The van der Waals surface area contributed by atoms with Crippen molar-refractivity contribution in [3.05, 3.63) is 0 Å². The SMILES string of the molecule is CC(C)C(CN=C(N)NCC1CCC1)N1CCOCC1.I. The van der Waals surface area contributed by atoms with Crippen molar-refractivity contribution in [1.29, 1.82) is 0 Å². The van der Waals surface area contributed by atoms with E-state index in [1.165, 1.54) is 19.3 Å². The molecule has 0 spiro atoms. The summed E-state index contributed by atoms with van der Waals surface area (Å²) in [7, 11) is 0. The molecule has 3 N–H and O–H groups in total. The minimum absolute atomic E-state index is 0. The lowest BCUT2D eigenvalue weighted by Gasteiger charge is -2.36. The van der Waals surface area contributed by atoms with Crippen LogP contribution in [-0.2, 0) is 4.74 Å². The molecular formula is C15H31IN4O. The van der Waals surface area contributed by atoms with Gasteiger partial charge in [0, 0.05) is 25.7 Å². The van der Waals surface area contributed by atoms with Crippen molar-refractivity contribution >= 4 is 29.9 Å². The molecule has 1 atom stereocenters. The molecule has 0 aromatic rings. The summed E-state index contributed by atoms with van der Waals surface area (Å²) in [6.07, 6.45) is 4.04. The van der Waals surface area contributed by atoms with E-state index in [9.17, 15) is 0 Å². The van der Waals surface area contributed by atoms with Gasteiger partial charge in [-0.15, -0.1) is 24.0 Å². The second-order valence-corrected chi connectivity index (χ2v) is 6.36. The highest BCUT2D eigenvalue weighted by molar-refractivity contribution is 14.0. The molecule has 1 heterocycles. The Bertz CT molecular complexity index is 315. The van der Waals surface area contributed by atoms with Crippen LogP contribution in [0, 0.1) is 11.8 Å². The quantitative estimate of drug-likeness (QED) is 0.397. The Kier molecular flexibility index (Phi) is 8.89. The van der Waals surface area contributed by atoms with Crippen molar-refractivity contribution in [3.63, 3.8) is 0 Å². The molecule has 1 saturated carbocycles. The minimum Gasteiger partial charge on any atom is -0.379 e. The van der Waals surface area contributed by atoms with E-state index >= 15 is 0 Å². The predicted octanol–water partition coefficient (Wildman–Crippen LogP) is 1.67. The highest BCUT2D eigenvalue weighted by atomic mass is 127. The van der Waals surface area contributed by atoms with E-state index in [1.807, 2.05) is 0 Å². The van der Waals surface area contributed by atoms with Crippen molar-refractivity contribution in [2.45, 2.75) is 39.2 Å². The Hall–Kier alpha value is -0.0800. The molecule has 1 aliphatic heterocycles. The number of nitrogens with zero attached hydrogens (tertiary/aromatic N) is 2. The van der Waals surface area contributed by atoms with Crippen molar-refractivity contribution < 1.29 is 4.74 Å². The Morgan fingerprint density at radius 2 is 2.00 bits per heavy atom. The van der Waals surface area contributed by atoms with Gasteiger partial charge in [-0.05, 0) is 24.7 Å². The first-order chi connectivity index (χ1) is 9.66. The number of aliphatic imine (C=N–C) groups is 1. The molecule has 0 aromatic heterocycles. The van der Waals surface area contributed by atoms with Crippen molar-refractivity contribution in [2.24, 2.45) is 22.6 Å². The van der Waals surface area contributed by atoms with Crippen LogP contribution in [0.3, 0.4) is 0 Å². The number of hydrogen-bond donors (Lipinski definition) is 2. The normalized spacial score (nSPS) is 22.5. The Balaban J connectivity index is 0.00000220. The van der Waals surface area contributed by atoms with E-state index in [4.69, 9.17) is 10.5 Å². The van der Waals surface area contributed by atoms with Crippen LogP contribution < -0.4 is 11.1 Å². The highest BCUT2D eigenvalue weighted by Gasteiger charge is 2.23. The fraction of sp³-hybridized carbons (Fsp3) is 0.933. The third-order valence-corrected chi connectivity index (χ3v) is 4.53. The summed E-state index contributed by atoms with van der Waals surface area (Å²) < 4.78 is 5.42. The number of hydrogen-bond acceptors (Lipinski definition) is 3. The summed E-state index contributed by atoms with van der Waals surface area (Å²) in [6.45, 7) is 9.97. The maximum atomic E-state index is 5.97. The van der Waals surface area contributed by atoms with Crippen LogP contribution in [0.4, 0.5) is 0 Å². The maximum absolute atomic E-state index is 5.97. The zero-order chi connectivity index (χ0) is 14.4. The van der Waals surface area contributed by atoms with Crippen LogP contribution in [0.5, 0.6) is 0 Å². The molecule has 5 nitrogen and oxygen atoms in total. The van der Waals surface area contributed by atoms with E-state index < -0.39 is 0 Å². The van der Waals surface area contributed by atoms with Crippen molar-refractivity contribution in [1.82, 2.24) is 10.2 Å². The molecule has 6 heteroatoms. The Morgan fingerprint density at radius 3 is 2.52 bits per heavy atom. The number of morpholine rings is 1. The Labute approximate surface area is 146 Å². The lowest BCUT2D eigenvalue weighted by atomic mass is 9.85. The van der Waals surface area contributed by atoms with Gasteiger partial charge in [0.1, 0.15) is 0 Å². The van der Waals surface area contributed by atoms with Crippen LogP contribution in [0.2, 0.25) is 0 Å². The second-order valence-electron chi connectivity index (χ2n) is 6.36. The highest BCUT2D eigenvalue weighted by Crippen LogP contribution is 2.25. The van der Waals surface area contributed by atoms with Gasteiger partial charge in [-0.3, -0.25) is 9.89 Å². The van der Waals surface area contributed by atoms with Gasteiger partial charge in [-0.2, -0.15) is 0 Å². The standard InChI is InChI=1S/C15H30N4O.HI/c1-12(2)14(19-6-8-20-9-7-19)11-18-15(16)17-10-13-4-3-5-13;/h12-14H,3-11H2,1-2H3,(H3,16,17,18);1H. The van der Waals surface area contributed by atoms with E-state index in [0.29, 0.717) is 17.9 Å². The van der Waals surface area contributed by atoms with Gasteiger partial charge in [0.05, 0.1) is 19.8 Å². The molecule has 1 aliphatic carbocycles. The van der Waals surface area contributed by atoms with Gasteiger partial charge in [0.25, 0.3) is 0 Å². The van der Waals surface area contributed by atoms with Crippen molar-refractivity contribution in [3.8, 4) is 0 Å². The summed E-state index contributed by atoms with van der Waals surface area (Å²) in [6, 6.07) is 0.461. The largest absolute Gasteiger partial charge is 0.379 e. The van der Waals surface area contributed by atoms with E-state index in [0.717, 1.165) is 45.3 Å². The number of rotatable bonds is 6. The minimum atomic E-state index is 0. The van der Waals surface area contributed by atoms with Crippen LogP contribution >= 0.6 is 24.0 Å². The van der Waals surface area contributed by atoms with Gasteiger partial charge in [-0.25, -0.2) is 0 Å². The third kappa shape index (κ3) is 6.28. The monoisotopic (exact) mass is 410 g/mol. The van der Waals surface area contributed by atoms with Crippen LogP contribution in [0.15, 0.2) is 4.99 Å². The maximum Gasteiger partial charge on any atom is 0.188 e. The average molecular weight is 410 g/mol. The first-order valence-corrected chi connectivity index (χ1v) is 8.02. The Morgan fingerprint density at radius 1 is 1.33 bits per heavy atom. The molecule has 2 rings (SSSR count). The van der Waals surface area contributed by atoms with Crippen LogP contribution in [-0.4, -0.2) is 56.3 Å². The van der Waals surface area contributed by atoms with Gasteiger partial charge in [-0.1, -0.05) is 20.3 Å². The first-order valence-electron chi connectivity index (χ1n) is 8.02. The molecule has 0 radical (unpaired) electrons. The van der Waals surface area contributed by atoms with E-state index in [1.54, 1.807) is 0 Å². The summed E-state index contributed by atoms with van der Waals surface area (Å²) in [5, 5.41) is 3.27. The molecule has 2 aliphatic rings. The van der Waals surface area contributed by atoms with E-state index in [-0.39, 0.29) is 24.0 Å². The molecule has 124 valence electrons. The fourth-order valence-electron chi connectivity index (χ4n) is 2.85. The zero-order valence-electron chi connectivity index (χ0n) is 13.4. The van der Waals surface area contributed by atoms with Crippen molar-refractivity contribution in [2.75, 3.05) is 39.4 Å². The first kappa shape index (κ1) is 19.0. The summed E-state index contributed by atoms with van der Waals surface area (Å²) >= 11 is 0. The lowest BCUT2D eigenvalue weighted by molar-refractivity contribution is 0.00868. The zero-order valence-corrected chi connectivity index (χ0v) is 15.7. The number of halogens is 1. The molecular weight excluding hydrogens is 379 g/mol. The van der Waals surface area contributed by atoms with Gasteiger partial charge < -0.3 is 15.8 Å². The molecule has 1 unspecified atom stereocenters. The topological polar surface area (TPSA) is 62.9 Å². The van der Waals surface area contributed by atoms with Crippen LogP contribution in [0.25, 0.3) is 0 Å². The molecule has 0 aromatic carbocycles. The summed E-state index contributed by atoms with van der Waals surface area (Å²) in [4.78, 5) is 7.04. The molecule has 0 amide bonds. The predicted molar refractivity (Wildman–Crippen MR) is 98.3 cm³/mol. The van der Waals surface area contributed by atoms with Crippen LogP contribution in [0.1, 0.15) is 33.1 Å². The van der Waals surface area contributed by atoms with Gasteiger partial charge in [0.15, 0.2) is 5.96 Å². The number of guanidine groups is 1. The molecule has 21 heavy (non-hydrogen) atoms. The van der Waals surface area contributed by atoms with E-state index in [2.05, 4.69) is 29.1 Å². The molecule has 0 bridgehead atoms. The number of nitrogens with one attached hydrogen (secondary N) is 1. The smallest absolute Gasteiger partial charge is 0.188 e. The summed E-state index contributed by atoms with van der Waals surface area (Å²) in [5.74, 6) is 2.00. The molecule has 1 saturated heterocycles. The summed E-state index contributed by atoms with van der Waals surface area (Å²) in [5.41, 5.74) is 5.97.